The standard InChI is InChI=1S/C32H40FN5O/c1-25(21-31-26(2)35-24-36-32(31)34-22-27-9-13-30(33)14-10-27)29-11-7-28(8-12-29)23-38-18-16-37(17-19-38)15-5-3-4-6-20-39/h7-14,20-21,24H,3-6,15-19,22-23H2,1-2H3,(H,34,35,36)/b25-21+. The average Bonchev–Trinajstić information content (AvgIpc) is 2.95. The van der Waals surface area contributed by atoms with Crippen molar-refractivity contribution >= 4 is 23.8 Å². The summed E-state index contributed by atoms with van der Waals surface area (Å²) < 4.78 is 13.2. The molecule has 0 amide bonds. The molecule has 0 radical (unpaired) electrons. The Morgan fingerprint density at radius 3 is 2.33 bits per heavy atom. The van der Waals surface area contributed by atoms with Gasteiger partial charge in [-0.15, -0.1) is 0 Å². The van der Waals surface area contributed by atoms with Crippen LogP contribution in [0.2, 0.25) is 0 Å². The maximum atomic E-state index is 13.2. The zero-order valence-electron chi connectivity index (χ0n) is 23.2. The third kappa shape index (κ3) is 8.80. The lowest BCUT2D eigenvalue weighted by Gasteiger charge is -2.34. The van der Waals surface area contributed by atoms with E-state index in [1.165, 1.54) is 29.7 Å². The minimum Gasteiger partial charge on any atom is -0.365 e. The second-order valence-corrected chi connectivity index (χ2v) is 10.4. The molecule has 0 unspecified atom stereocenters. The highest BCUT2D eigenvalue weighted by Crippen LogP contribution is 2.24. The van der Waals surface area contributed by atoms with Gasteiger partial charge in [-0.3, -0.25) is 4.90 Å². The van der Waals surface area contributed by atoms with Crippen molar-refractivity contribution in [2.24, 2.45) is 0 Å². The van der Waals surface area contributed by atoms with Gasteiger partial charge in [0.05, 0.1) is 5.69 Å². The summed E-state index contributed by atoms with van der Waals surface area (Å²) in [5, 5.41) is 3.38. The highest BCUT2D eigenvalue weighted by molar-refractivity contribution is 5.84. The topological polar surface area (TPSA) is 61.4 Å². The molecule has 1 fully saturated rings. The normalized spacial score (nSPS) is 14.9. The third-order valence-electron chi connectivity index (χ3n) is 7.39. The first-order valence-electron chi connectivity index (χ1n) is 14.0. The first-order valence-corrected chi connectivity index (χ1v) is 14.0. The number of aryl methyl sites for hydroxylation is 1. The summed E-state index contributed by atoms with van der Waals surface area (Å²) in [5.74, 6) is 0.530. The summed E-state index contributed by atoms with van der Waals surface area (Å²) in [7, 11) is 0. The number of hydrogen-bond acceptors (Lipinski definition) is 6. The number of carbonyl (C=O) groups excluding carboxylic acids is 1. The summed E-state index contributed by atoms with van der Waals surface area (Å²) in [6.45, 7) is 11.2. The van der Waals surface area contributed by atoms with Crippen LogP contribution in [0.1, 0.15) is 60.6 Å². The van der Waals surface area contributed by atoms with Gasteiger partial charge in [-0.05, 0) is 73.7 Å². The lowest BCUT2D eigenvalue weighted by Crippen LogP contribution is -2.46. The highest BCUT2D eigenvalue weighted by Gasteiger charge is 2.16. The average molecular weight is 530 g/mol. The second-order valence-electron chi connectivity index (χ2n) is 10.4. The third-order valence-corrected chi connectivity index (χ3v) is 7.39. The van der Waals surface area contributed by atoms with Gasteiger partial charge in [0.15, 0.2) is 0 Å². The Kier molecular flexibility index (Phi) is 10.7. The van der Waals surface area contributed by atoms with Crippen molar-refractivity contribution in [2.45, 2.75) is 52.6 Å². The molecule has 4 rings (SSSR count). The minimum atomic E-state index is -0.237. The molecule has 7 heteroatoms. The van der Waals surface area contributed by atoms with Gasteiger partial charge in [0.25, 0.3) is 0 Å². The van der Waals surface area contributed by atoms with Gasteiger partial charge in [-0.25, -0.2) is 14.4 Å². The van der Waals surface area contributed by atoms with E-state index in [1.54, 1.807) is 18.5 Å². The molecule has 1 aromatic heterocycles. The van der Waals surface area contributed by atoms with Crippen molar-refractivity contribution < 1.29 is 9.18 Å². The first-order chi connectivity index (χ1) is 19.0. The van der Waals surface area contributed by atoms with Gasteiger partial charge < -0.3 is 15.0 Å². The van der Waals surface area contributed by atoms with Crippen LogP contribution < -0.4 is 5.32 Å². The van der Waals surface area contributed by atoms with Crippen LogP contribution in [0.3, 0.4) is 0 Å². The quantitative estimate of drug-likeness (QED) is 0.217. The molecular weight excluding hydrogens is 489 g/mol. The molecule has 6 nitrogen and oxygen atoms in total. The van der Waals surface area contributed by atoms with E-state index in [4.69, 9.17) is 0 Å². The number of allylic oxidation sites excluding steroid dienone is 1. The van der Waals surface area contributed by atoms with Crippen molar-refractivity contribution in [3.05, 3.63) is 88.6 Å². The van der Waals surface area contributed by atoms with E-state index in [-0.39, 0.29) is 5.82 Å². The van der Waals surface area contributed by atoms with E-state index >= 15 is 0 Å². The molecule has 1 N–H and O–H groups in total. The molecule has 2 heterocycles. The molecular formula is C32H40FN5O. The van der Waals surface area contributed by atoms with Crippen molar-refractivity contribution in [2.75, 3.05) is 38.0 Å². The molecule has 0 bridgehead atoms. The number of aldehydes is 1. The fraction of sp³-hybridized carbons (Fsp3) is 0.406. The van der Waals surface area contributed by atoms with Crippen molar-refractivity contribution in [1.82, 2.24) is 19.8 Å². The van der Waals surface area contributed by atoms with E-state index in [9.17, 15) is 9.18 Å². The number of aromatic nitrogens is 2. The molecule has 39 heavy (non-hydrogen) atoms. The van der Waals surface area contributed by atoms with E-state index in [0.717, 1.165) is 86.6 Å². The number of nitrogens with one attached hydrogen (secondary N) is 1. The van der Waals surface area contributed by atoms with Crippen LogP contribution in [-0.4, -0.2) is 58.8 Å². The number of rotatable bonds is 13. The maximum absolute atomic E-state index is 13.2. The maximum Gasteiger partial charge on any atom is 0.137 e. The molecule has 2 aromatic carbocycles. The summed E-state index contributed by atoms with van der Waals surface area (Å²) in [5.41, 5.74) is 6.50. The lowest BCUT2D eigenvalue weighted by atomic mass is 10.0. The molecule has 0 saturated carbocycles. The summed E-state index contributed by atoms with van der Waals surface area (Å²) in [6.07, 6.45) is 8.76. The van der Waals surface area contributed by atoms with Gasteiger partial charge in [-0.2, -0.15) is 0 Å². The lowest BCUT2D eigenvalue weighted by molar-refractivity contribution is -0.107. The van der Waals surface area contributed by atoms with Crippen LogP contribution in [0.4, 0.5) is 10.2 Å². The van der Waals surface area contributed by atoms with Crippen molar-refractivity contribution in [3.63, 3.8) is 0 Å². The number of piperazine rings is 1. The van der Waals surface area contributed by atoms with Crippen LogP contribution in [0.25, 0.3) is 11.6 Å². The largest absolute Gasteiger partial charge is 0.365 e. The molecule has 0 aliphatic carbocycles. The van der Waals surface area contributed by atoms with Crippen molar-refractivity contribution in [3.8, 4) is 0 Å². The minimum absolute atomic E-state index is 0.237. The van der Waals surface area contributed by atoms with Crippen LogP contribution in [0.5, 0.6) is 0 Å². The van der Waals surface area contributed by atoms with E-state index in [1.807, 2.05) is 6.92 Å². The smallest absolute Gasteiger partial charge is 0.137 e. The molecule has 3 aromatic rings. The molecule has 1 aliphatic rings. The number of hydrogen-bond donors (Lipinski definition) is 1. The summed E-state index contributed by atoms with van der Waals surface area (Å²) in [4.78, 5) is 24.4. The van der Waals surface area contributed by atoms with Gasteiger partial charge in [0.1, 0.15) is 24.2 Å². The van der Waals surface area contributed by atoms with E-state index in [0.29, 0.717) is 13.0 Å². The number of benzene rings is 2. The molecule has 1 aliphatic heterocycles. The Morgan fingerprint density at radius 2 is 1.62 bits per heavy atom. The Hall–Kier alpha value is -3.42. The predicted octanol–water partition coefficient (Wildman–Crippen LogP) is 5.97. The number of anilines is 1. The molecule has 0 atom stereocenters. The number of nitrogens with zero attached hydrogens (tertiary/aromatic N) is 4. The van der Waals surface area contributed by atoms with E-state index in [2.05, 4.69) is 62.3 Å². The summed E-state index contributed by atoms with van der Waals surface area (Å²) >= 11 is 0. The SMILES string of the molecule is C/C(=C\c1c(C)ncnc1NCc1ccc(F)cc1)c1ccc(CN2CCN(CCCCCC=O)CC2)cc1. The number of unbranched alkanes of at least 4 members (excludes halogenated alkanes) is 3. The van der Waals surface area contributed by atoms with Gasteiger partial charge in [0, 0.05) is 51.3 Å². The fourth-order valence-corrected chi connectivity index (χ4v) is 4.93. The first kappa shape index (κ1) is 28.6. The Bertz CT molecular complexity index is 1220. The van der Waals surface area contributed by atoms with Gasteiger partial charge in [0.2, 0.25) is 0 Å². The number of halogens is 1. The molecule has 206 valence electrons. The summed E-state index contributed by atoms with van der Waals surface area (Å²) in [6, 6.07) is 15.3. The Balaban J connectivity index is 1.31. The van der Waals surface area contributed by atoms with Crippen LogP contribution >= 0.6 is 0 Å². The van der Waals surface area contributed by atoms with Gasteiger partial charge in [-0.1, -0.05) is 42.8 Å². The Morgan fingerprint density at radius 1 is 0.923 bits per heavy atom. The fourth-order valence-electron chi connectivity index (χ4n) is 4.93. The van der Waals surface area contributed by atoms with Crippen LogP contribution in [-0.2, 0) is 17.9 Å². The highest BCUT2D eigenvalue weighted by atomic mass is 19.1. The van der Waals surface area contributed by atoms with Crippen molar-refractivity contribution in [1.29, 1.82) is 0 Å². The molecule has 0 spiro atoms. The zero-order chi connectivity index (χ0) is 27.5. The number of carbonyl (C=O) groups is 1. The predicted molar refractivity (Wildman–Crippen MR) is 157 cm³/mol. The van der Waals surface area contributed by atoms with Crippen LogP contribution in [0, 0.1) is 12.7 Å². The Labute approximate surface area is 232 Å². The van der Waals surface area contributed by atoms with Gasteiger partial charge >= 0.3 is 0 Å². The molecule has 1 saturated heterocycles. The zero-order valence-corrected chi connectivity index (χ0v) is 23.2. The van der Waals surface area contributed by atoms with E-state index < -0.39 is 0 Å². The second kappa shape index (κ2) is 14.7. The monoisotopic (exact) mass is 529 g/mol. The van der Waals surface area contributed by atoms with Crippen LogP contribution in [0.15, 0.2) is 54.9 Å².